The van der Waals surface area contributed by atoms with Crippen molar-refractivity contribution in [3.8, 4) is 0 Å². The van der Waals surface area contributed by atoms with Crippen molar-refractivity contribution in [3.63, 3.8) is 0 Å². The van der Waals surface area contributed by atoms with Gasteiger partial charge in [-0.2, -0.15) is 5.10 Å². The number of methoxy groups -OCH3 is 1. The van der Waals surface area contributed by atoms with E-state index < -0.39 is 22.5 Å². The van der Waals surface area contributed by atoms with Crippen LogP contribution in [-0.4, -0.2) is 225 Å². The molecule has 6 fully saturated rings. The number of rotatable bonds is 22. The number of anilines is 3. The van der Waals surface area contributed by atoms with Crippen molar-refractivity contribution in [1.82, 2.24) is 54.3 Å². The molecule has 0 bridgehead atoms. The van der Waals surface area contributed by atoms with Crippen LogP contribution in [0.1, 0.15) is 192 Å². The number of hydrogen-bond acceptors (Lipinski definition) is 15. The molecule has 4 N–H and O–H groups in total. The second-order valence-electron chi connectivity index (χ2n) is 36.1. The summed E-state index contributed by atoms with van der Waals surface area (Å²) in [6.45, 7) is 25.9. The SMILES string of the molecule is CC(C)CCN1C(=O)C(CC(=O)N2CCC(N3CCc4ccccc4NC3=O)CC2)SC1[C@H](C)c1ccccc1.COC(=O)[C@@H](CC(C)C)N1C(=O)C(CC(=O)N2CCC(N3Cc4ccccc4NC3=O)CC2)SC1c1ccccc1.Cc1cc(C2SC(CC(=O)N3CCC(N4Cc5ccccc5NC4=O)CC3)C(=O)N2CCC(C)(C)C)cc2cn[nH]c12.[HH].[HH].[HH]. The van der Waals surface area contributed by atoms with Gasteiger partial charge in [-0.15, -0.1) is 35.3 Å². The van der Waals surface area contributed by atoms with Crippen molar-refractivity contribution in [2.45, 2.75) is 221 Å². The minimum Gasteiger partial charge on any atom is -0.467 e. The quantitative estimate of drug-likeness (QED) is 0.0459. The van der Waals surface area contributed by atoms with Gasteiger partial charge in [0.1, 0.15) is 16.8 Å². The molecule has 12 amide bonds. The average molecular weight is 1740 g/mol. The number of thioether (sulfide) groups is 3. The zero-order valence-electron chi connectivity index (χ0n) is 72.6. The summed E-state index contributed by atoms with van der Waals surface area (Å²) in [5.74, 6) is 0.365. The molecule has 0 aliphatic carbocycles. The van der Waals surface area contributed by atoms with Crippen molar-refractivity contribution < 1.29 is 57.0 Å². The number of H-pyrrole nitrogens is 1. The Hall–Kier alpha value is -10.1. The first-order valence-corrected chi connectivity index (χ1v) is 46.8. The van der Waals surface area contributed by atoms with Gasteiger partial charge in [-0.1, -0.05) is 177 Å². The molecule has 1 aromatic heterocycles. The number of aryl methyl sites for hydroxylation is 1. The molecule has 0 radical (unpaired) electrons. The van der Waals surface area contributed by atoms with Gasteiger partial charge in [0.25, 0.3) is 0 Å². The molecule has 28 heteroatoms. The van der Waals surface area contributed by atoms with Gasteiger partial charge in [-0.3, -0.25) is 33.9 Å². The van der Waals surface area contributed by atoms with Crippen molar-refractivity contribution in [2.24, 2.45) is 17.3 Å². The number of benzene rings is 6. The number of ether oxygens (including phenoxy) is 1. The minimum atomic E-state index is -0.720. The lowest BCUT2D eigenvalue weighted by molar-refractivity contribution is -0.153. The molecule has 6 aromatic carbocycles. The molecule has 123 heavy (non-hydrogen) atoms. The van der Waals surface area contributed by atoms with E-state index in [-0.39, 0.29) is 134 Å². The summed E-state index contributed by atoms with van der Waals surface area (Å²) >= 11 is 4.69. The number of para-hydroxylation sites is 3. The topological polar surface area (TPSA) is 274 Å². The number of nitrogens with one attached hydrogen (secondary N) is 4. The maximum Gasteiger partial charge on any atom is 0.328 e. The van der Waals surface area contributed by atoms with E-state index in [0.717, 1.165) is 113 Å². The van der Waals surface area contributed by atoms with Crippen LogP contribution in [0.5, 0.6) is 0 Å². The van der Waals surface area contributed by atoms with Gasteiger partial charge >= 0.3 is 24.1 Å². The van der Waals surface area contributed by atoms with E-state index in [9.17, 15) is 47.9 Å². The number of piperidine rings is 3. The number of carbonyl (C=O) groups is 10. The fourth-order valence-corrected chi connectivity index (χ4v) is 23.0. The Morgan fingerprint density at radius 1 is 0.512 bits per heavy atom. The largest absolute Gasteiger partial charge is 0.467 e. The Bertz CT molecular complexity index is 4970. The minimum absolute atomic E-state index is 0. The molecular formula is C95H126N14O11S3. The van der Waals surface area contributed by atoms with Crippen LogP contribution in [0.3, 0.4) is 0 Å². The molecule has 0 saturated carbocycles. The molecule has 6 saturated heterocycles. The van der Waals surface area contributed by atoms with Crippen molar-refractivity contribution in [1.29, 1.82) is 0 Å². The van der Waals surface area contributed by atoms with E-state index in [4.69, 9.17) is 4.74 Å². The molecule has 6 unspecified atom stereocenters. The van der Waals surface area contributed by atoms with Crippen molar-refractivity contribution >= 4 is 123 Å². The molecule has 7 aromatic rings. The van der Waals surface area contributed by atoms with Gasteiger partial charge in [-0.25, -0.2) is 19.2 Å². The third-order valence-electron chi connectivity index (χ3n) is 25.5. The van der Waals surface area contributed by atoms with Crippen LogP contribution in [0.15, 0.2) is 152 Å². The number of fused-ring (bicyclic) bond motifs is 4. The lowest BCUT2D eigenvalue weighted by Crippen LogP contribution is -2.51. The molecule has 10 heterocycles. The lowest BCUT2D eigenvalue weighted by Gasteiger charge is -2.40. The number of urea groups is 3. The predicted molar refractivity (Wildman–Crippen MR) is 491 cm³/mol. The summed E-state index contributed by atoms with van der Waals surface area (Å²) in [5.41, 5.74) is 11.4. The number of aromatic amines is 1. The monoisotopic (exact) mass is 1730 g/mol. The molecular weight excluding hydrogens is 1610 g/mol. The van der Waals surface area contributed by atoms with E-state index >= 15 is 0 Å². The summed E-state index contributed by atoms with van der Waals surface area (Å²) in [4.78, 5) is 150. The Kier molecular flexibility index (Phi) is 28.9. The Morgan fingerprint density at radius 2 is 0.967 bits per heavy atom. The molecule has 9 aliphatic heterocycles. The second kappa shape index (κ2) is 39.8. The van der Waals surface area contributed by atoms with Gasteiger partial charge in [-0.05, 0) is 152 Å². The highest BCUT2D eigenvalue weighted by atomic mass is 32.2. The van der Waals surface area contributed by atoms with E-state index in [1.165, 1.54) is 24.4 Å². The summed E-state index contributed by atoms with van der Waals surface area (Å²) in [6, 6.07) is 47.2. The average Bonchev–Trinajstić information content (AvgIpc) is 1.61. The highest BCUT2D eigenvalue weighted by molar-refractivity contribution is 8.02. The van der Waals surface area contributed by atoms with Crippen molar-refractivity contribution in [3.05, 3.63) is 191 Å². The lowest BCUT2D eigenvalue weighted by atomic mass is 9.92. The Balaban J connectivity index is 0.000000181. The first-order valence-electron chi connectivity index (χ1n) is 44.0. The number of nitrogens with zero attached hydrogens (tertiary/aromatic N) is 10. The van der Waals surface area contributed by atoms with Crippen LogP contribution in [0.4, 0.5) is 31.4 Å². The van der Waals surface area contributed by atoms with Crippen LogP contribution < -0.4 is 16.0 Å². The van der Waals surface area contributed by atoms with Gasteiger partial charge in [0.15, 0.2) is 0 Å². The predicted octanol–water partition coefficient (Wildman–Crippen LogP) is 16.6. The number of esters is 1. The van der Waals surface area contributed by atoms with E-state index in [1.54, 1.807) is 28.4 Å². The zero-order chi connectivity index (χ0) is 86.9. The van der Waals surface area contributed by atoms with Crippen LogP contribution >= 0.6 is 35.3 Å². The number of aromatic nitrogens is 2. The van der Waals surface area contributed by atoms with Gasteiger partial charge in [0.2, 0.25) is 35.4 Å². The van der Waals surface area contributed by atoms with Gasteiger partial charge in [0.05, 0.1) is 39.9 Å². The standard InChI is InChI=1S/C32H40N6O3S.C32H42N4O3S.C31H38N4O5S.3H2/c1-20-15-22(16-23-18-33-35-28(20)23)30-37(14-11-32(2,3)4)29(40)26(42-30)17-27(39)36-12-9-24(10-13-36)38-19-21-7-5-6-8-25(21)34-31(38)41;1-22(2)13-19-36-30(38)28(40-31(36)23(3)24-9-5-4-6-10-24)21-29(37)34-17-15-26(16-18-34)35-20-14-25-11-7-8-12-27(25)33-32(35)39;1-20(2)17-25(30(38)40-3)35-28(37)26(41-29(35)21-9-5-4-6-10-21)18-27(36)33-15-13-23(14-16-33)34-19-22-11-7-8-12-24(22)32-31(34)39;;;/h5-8,15-16,18,24,26,30H,9-14,17,19H2,1-4H3,(H,33,35)(H,34,41);4-12,22-23,26,28,31H,13-21H2,1-3H3,(H,33,39);4-12,20,23,25-26,29H,13-19H2,1-3H3,(H,32,39);3*1H/t;23-,28?,31?;25-,26?,29?;;;/m.11.../s1. The molecule has 8 atom stereocenters. The third-order valence-corrected chi connectivity index (χ3v) is 30.1. The first-order chi connectivity index (χ1) is 59.1. The second-order valence-corrected chi connectivity index (χ2v) is 40.0. The van der Waals surface area contributed by atoms with E-state index in [1.807, 2.05) is 175 Å². The third kappa shape index (κ3) is 21.1. The van der Waals surface area contributed by atoms with Gasteiger partial charge in [0, 0.05) is 142 Å². The highest BCUT2D eigenvalue weighted by Crippen LogP contribution is 2.49. The maximum absolute atomic E-state index is 13.8. The molecule has 9 aliphatic rings. The smallest absolute Gasteiger partial charge is 0.328 e. The highest BCUT2D eigenvalue weighted by Gasteiger charge is 2.50. The molecule has 660 valence electrons. The Labute approximate surface area is 740 Å². The first kappa shape index (κ1) is 89.2. The van der Waals surface area contributed by atoms with Crippen LogP contribution in [-0.2, 0) is 57.8 Å². The summed E-state index contributed by atoms with van der Waals surface area (Å²) in [6.07, 6.45) is 9.82. The Morgan fingerprint density at radius 3 is 1.48 bits per heavy atom. The van der Waals surface area contributed by atoms with Crippen molar-refractivity contribution in [2.75, 3.05) is 82.0 Å². The van der Waals surface area contributed by atoms with E-state index in [0.29, 0.717) is 90.6 Å². The molecule has 0 spiro atoms. The van der Waals surface area contributed by atoms with Crippen LogP contribution in [0.25, 0.3) is 10.9 Å². The summed E-state index contributed by atoms with van der Waals surface area (Å²) < 4.78 is 5.11. The summed E-state index contributed by atoms with van der Waals surface area (Å²) in [5, 5.41) is 15.5. The van der Waals surface area contributed by atoms with E-state index in [2.05, 4.69) is 105 Å². The number of carbonyl (C=O) groups excluding carboxylic acids is 10. The summed E-state index contributed by atoms with van der Waals surface area (Å²) in [7, 11) is 1.35. The number of amides is 12. The normalized spacial score (nSPS) is 22.1. The number of likely N-dealkylation sites (tertiary alicyclic amines) is 3. The zero-order valence-corrected chi connectivity index (χ0v) is 75.0. The maximum atomic E-state index is 13.8. The van der Waals surface area contributed by atoms with Crippen LogP contribution in [0.2, 0.25) is 0 Å². The van der Waals surface area contributed by atoms with Crippen LogP contribution in [0, 0.1) is 24.2 Å². The molecule has 25 nitrogen and oxygen atoms in total. The number of hydrogen-bond donors (Lipinski definition) is 4. The van der Waals surface area contributed by atoms with Gasteiger partial charge < -0.3 is 64.8 Å². The molecule has 16 rings (SSSR count). The fourth-order valence-electron chi connectivity index (χ4n) is 18.5. The fraction of sp³-hybridized carbons (Fsp3) is 0.505.